The maximum atomic E-state index is 15.1. The summed E-state index contributed by atoms with van der Waals surface area (Å²) in [6.07, 6.45) is 3.68. The largest absolute Gasteiger partial charge is 0.494 e. The van der Waals surface area contributed by atoms with Crippen LogP contribution in [-0.4, -0.2) is 50.4 Å². The highest BCUT2D eigenvalue weighted by Gasteiger charge is 2.36. The van der Waals surface area contributed by atoms with Crippen molar-refractivity contribution < 1.29 is 31.5 Å². The summed E-state index contributed by atoms with van der Waals surface area (Å²) in [5.74, 6) is -1.83. The summed E-state index contributed by atoms with van der Waals surface area (Å²) >= 11 is 0. The highest BCUT2D eigenvalue weighted by Crippen LogP contribution is 2.27. The highest BCUT2D eigenvalue weighted by molar-refractivity contribution is 7.92. The first-order valence-corrected chi connectivity index (χ1v) is 17.5. The van der Waals surface area contributed by atoms with Gasteiger partial charge in [-0.05, 0) is 79.9 Å². The van der Waals surface area contributed by atoms with E-state index in [-0.39, 0.29) is 35.2 Å². The first-order chi connectivity index (χ1) is 23.2. The molecule has 4 aromatic rings. The lowest BCUT2D eigenvalue weighted by Gasteiger charge is -2.34. The van der Waals surface area contributed by atoms with Gasteiger partial charge in [0, 0.05) is 24.6 Å². The third-order valence-electron chi connectivity index (χ3n) is 8.39. The van der Waals surface area contributed by atoms with Crippen LogP contribution in [0.15, 0.2) is 108 Å². The highest BCUT2D eigenvalue weighted by atomic mass is 32.2. The Morgan fingerprint density at radius 1 is 0.875 bits per heavy atom. The molecule has 0 radical (unpaired) electrons. The zero-order valence-corrected chi connectivity index (χ0v) is 27.5. The number of nitrogens with zero attached hydrogens (tertiary/aromatic N) is 2. The Morgan fingerprint density at radius 3 is 2.17 bits per heavy atom. The van der Waals surface area contributed by atoms with E-state index in [9.17, 15) is 22.4 Å². The lowest BCUT2D eigenvalue weighted by Crippen LogP contribution is -2.54. The van der Waals surface area contributed by atoms with E-state index in [1.807, 2.05) is 30.3 Å². The van der Waals surface area contributed by atoms with Crippen LogP contribution in [0.1, 0.15) is 43.7 Å². The topological polar surface area (TPSA) is 96.0 Å². The van der Waals surface area contributed by atoms with E-state index < -0.39 is 46.1 Å². The SMILES string of the molecule is CCOc1ccc(S(=O)(=O)N(CC(=O)N(Cc2ccccc2F)[C@@H](Cc2ccccc2)C(=O)NC2CCCC2)c2ccc(F)cc2)cc1. The molecule has 0 aromatic heterocycles. The summed E-state index contributed by atoms with van der Waals surface area (Å²) in [7, 11) is -4.40. The van der Waals surface area contributed by atoms with Crippen molar-refractivity contribution in [1.82, 2.24) is 10.2 Å². The van der Waals surface area contributed by atoms with Crippen LogP contribution < -0.4 is 14.4 Å². The van der Waals surface area contributed by atoms with Crippen molar-refractivity contribution >= 4 is 27.5 Å². The number of halogens is 2. The first-order valence-electron chi connectivity index (χ1n) is 16.0. The molecular formula is C37H39F2N3O5S. The Kier molecular flexibility index (Phi) is 11.4. The maximum absolute atomic E-state index is 15.1. The number of carbonyl (C=O) groups excluding carboxylic acids is 2. The molecular weight excluding hydrogens is 636 g/mol. The van der Waals surface area contributed by atoms with Crippen molar-refractivity contribution in [2.24, 2.45) is 0 Å². The van der Waals surface area contributed by atoms with E-state index in [4.69, 9.17) is 4.74 Å². The number of hydrogen-bond acceptors (Lipinski definition) is 5. The minimum Gasteiger partial charge on any atom is -0.494 e. The van der Waals surface area contributed by atoms with E-state index >= 15 is 4.39 Å². The van der Waals surface area contributed by atoms with Gasteiger partial charge in [-0.2, -0.15) is 0 Å². The van der Waals surface area contributed by atoms with Gasteiger partial charge in [-0.15, -0.1) is 0 Å². The van der Waals surface area contributed by atoms with Gasteiger partial charge in [0.25, 0.3) is 10.0 Å². The van der Waals surface area contributed by atoms with Gasteiger partial charge in [-0.1, -0.05) is 61.4 Å². The molecule has 1 N–H and O–H groups in total. The molecule has 5 rings (SSSR count). The van der Waals surface area contributed by atoms with Gasteiger partial charge in [0.05, 0.1) is 17.2 Å². The lowest BCUT2D eigenvalue weighted by atomic mass is 10.0. The van der Waals surface area contributed by atoms with Gasteiger partial charge < -0.3 is 15.0 Å². The number of rotatable bonds is 14. The minimum atomic E-state index is -4.40. The molecule has 0 heterocycles. The first kappa shape index (κ1) is 34.6. The molecule has 2 amide bonds. The van der Waals surface area contributed by atoms with E-state index in [1.165, 1.54) is 59.5 Å². The number of sulfonamides is 1. The van der Waals surface area contributed by atoms with Crippen LogP contribution in [0.5, 0.6) is 5.75 Å². The second kappa shape index (κ2) is 15.9. The van der Waals surface area contributed by atoms with E-state index in [1.54, 1.807) is 13.0 Å². The number of hydrogen-bond donors (Lipinski definition) is 1. The molecule has 48 heavy (non-hydrogen) atoms. The van der Waals surface area contributed by atoms with Crippen molar-refractivity contribution in [1.29, 1.82) is 0 Å². The van der Waals surface area contributed by atoms with E-state index in [2.05, 4.69) is 5.32 Å². The molecule has 1 fully saturated rings. The van der Waals surface area contributed by atoms with Crippen LogP contribution in [0.4, 0.5) is 14.5 Å². The smallest absolute Gasteiger partial charge is 0.264 e. The molecule has 1 atom stereocenters. The fourth-order valence-electron chi connectivity index (χ4n) is 5.87. The molecule has 8 nitrogen and oxygen atoms in total. The monoisotopic (exact) mass is 675 g/mol. The van der Waals surface area contributed by atoms with Gasteiger partial charge >= 0.3 is 0 Å². The summed E-state index contributed by atoms with van der Waals surface area (Å²) in [5.41, 5.74) is 0.979. The number of anilines is 1. The minimum absolute atomic E-state index is 0.0412. The number of benzene rings is 4. The Bertz CT molecular complexity index is 1780. The summed E-state index contributed by atoms with van der Waals surface area (Å²) in [4.78, 5) is 29.7. The van der Waals surface area contributed by atoms with Crippen LogP contribution in [0, 0.1) is 11.6 Å². The maximum Gasteiger partial charge on any atom is 0.264 e. The standard InChI is InChI=1S/C37H39F2N3O5S/c1-2-47-32-20-22-33(23-21-32)48(45,46)42(31-18-16-29(38)17-19-31)26-36(43)41(25-28-12-6-9-15-34(28)39)35(24-27-10-4-3-5-11-27)37(44)40-30-13-7-8-14-30/h3-6,9-12,15-23,30,35H,2,7-8,13-14,24-26H2,1H3,(H,40,44)/t35-/m0/s1. The van der Waals surface area contributed by atoms with Gasteiger partial charge in [0.1, 0.15) is 30.0 Å². The van der Waals surface area contributed by atoms with Crippen molar-refractivity contribution in [3.05, 3.63) is 126 Å². The molecule has 1 aliphatic rings. The molecule has 11 heteroatoms. The van der Waals surface area contributed by atoms with E-state index in [0.717, 1.165) is 47.7 Å². The number of nitrogens with one attached hydrogen (secondary N) is 1. The lowest BCUT2D eigenvalue weighted by molar-refractivity contribution is -0.140. The van der Waals surface area contributed by atoms with Crippen molar-refractivity contribution in [2.75, 3.05) is 17.5 Å². The Labute approximate surface area is 280 Å². The van der Waals surface area contributed by atoms with Crippen molar-refractivity contribution in [2.45, 2.75) is 62.6 Å². The fraction of sp³-hybridized carbons (Fsp3) is 0.297. The third kappa shape index (κ3) is 8.57. The van der Waals surface area contributed by atoms with Crippen LogP contribution in [0.2, 0.25) is 0 Å². The molecule has 0 unspecified atom stereocenters. The second-order valence-corrected chi connectivity index (χ2v) is 13.6. The summed E-state index contributed by atoms with van der Waals surface area (Å²) in [5, 5.41) is 3.09. The zero-order chi connectivity index (χ0) is 34.1. The number of amides is 2. The van der Waals surface area contributed by atoms with Crippen molar-refractivity contribution in [3.8, 4) is 5.75 Å². The van der Waals surface area contributed by atoms with Gasteiger partial charge in [0.15, 0.2) is 0 Å². The Hall–Kier alpha value is -4.77. The third-order valence-corrected chi connectivity index (χ3v) is 10.2. The van der Waals surface area contributed by atoms with Crippen molar-refractivity contribution in [3.63, 3.8) is 0 Å². The summed E-state index contributed by atoms with van der Waals surface area (Å²) < 4.78 is 63.8. The van der Waals surface area contributed by atoms with Gasteiger partial charge in [-0.25, -0.2) is 17.2 Å². The average Bonchev–Trinajstić information content (AvgIpc) is 3.60. The predicted molar refractivity (Wildman–Crippen MR) is 180 cm³/mol. The average molecular weight is 676 g/mol. The predicted octanol–water partition coefficient (Wildman–Crippen LogP) is 6.26. The molecule has 252 valence electrons. The Balaban J connectivity index is 1.56. The summed E-state index contributed by atoms with van der Waals surface area (Å²) in [6, 6.07) is 24.4. The van der Waals surface area contributed by atoms with Crippen LogP contribution in [-0.2, 0) is 32.6 Å². The molecule has 0 bridgehead atoms. The quantitative estimate of drug-likeness (QED) is 0.170. The zero-order valence-electron chi connectivity index (χ0n) is 26.7. The molecule has 4 aromatic carbocycles. The summed E-state index contributed by atoms with van der Waals surface area (Å²) in [6.45, 7) is 1.16. The van der Waals surface area contributed by atoms with E-state index in [0.29, 0.717) is 12.4 Å². The molecule has 0 spiro atoms. The van der Waals surface area contributed by atoms with Gasteiger partial charge in [0.2, 0.25) is 11.8 Å². The van der Waals surface area contributed by atoms with Crippen LogP contribution in [0.25, 0.3) is 0 Å². The van der Waals surface area contributed by atoms with Crippen LogP contribution in [0.3, 0.4) is 0 Å². The van der Waals surface area contributed by atoms with Crippen LogP contribution >= 0.6 is 0 Å². The second-order valence-electron chi connectivity index (χ2n) is 11.7. The molecule has 0 aliphatic heterocycles. The fourth-order valence-corrected chi connectivity index (χ4v) is 7.28. The number of ether oxygens (including phenoxy) is 1. The Morgan fingerprint density at radius 2 is 1.52 bits per heavy atom. The molecule has 1 saturated carbocycles. The molecule has 0 saturated heterocycles. The normalized spacial score (nSPS) is 13.9. The number of carbonyl (C=O) groups is 2. The van der Waals surface area contributed by atoms with Gasteiger partial charge in [-0.3, -0.25) is 13.9 Å². The molecule has 1 aliphatic carbocycles.